The van der Waals surface area contributed by atoms with E-state index < -0.39 is 47.8 Å². The van der Waals surface area contributed by atoms with Crippen molar-refractivity contribution in [3.05, 3.63) is 106 Å². The number of carbonyl (C=O) groups is 4. The number of amides is 4. The molecule has 1 aliphatic carbocycles. The van der Waals surface area contributed by atoms with E-state index in [1.165, 1.54) is 11.3 Å². The molecule has 9 nitrogen and oxygen atoms in total. The van der Waals surface area contributed by atoms with Crippen LogP contribution in [0.1, 0.15) is 54.5 Å². The van der Waals surface area contributed by atoms with Crippen LogP contribution in [0.25, 0.3) is 10.8 Å². The third-order valence-electron chi connectivity index (χ3n) is 9.09. The number of hydrogen-bond acceptors (Lipinski definition) is 6. The van der Waals surface area contributed by atoms with Gasteiger partial charge in [-0.25, -0.2) is 0 Å². The van der Waals surface area contributed by atoms with Gasteiger partial charge in [0, 0.05) is 17.7 Å². The molecule has 10 heteroatoms. The average Bonchev–Trinajstić information content (AvgIpc) is 3.61. The molecule has 1 aliphatic rings. The van der Waals surface area contributed by atoms with Crippen LogP contribution in [0.2, 0.25) is 0 Å². The van der Waals surface area contributed by atoms with Gasteiger partial charge in [-0.05, 0) is 52.1 Å². The van der Waals surface area contributed by atoms with Crippen molar-refractivity contribution in [2.75, 3.05) is 0 Å². The fraction of sp³-hybridized carbons (Fsp3) is 0.368. The van der Waals surface area contributed by atoms with Gasteiger partial charge < -0.3 is 27.4 Å². The smallest absolute Gasteiger partial charge is 0.243 e. The Bertz CT molecular complexity index is 1670. The Balaban J connectivity index is 1.31. The Kier molecular flexibility index (Phi) is 12.3. The molecule has 0 aliphatic heterocycles. The summed E-state index contributed by atoms with van der Waals surface area (Å²) in [4.78, 5) is 54.5. The van der Waals surface area contributed by atoms with Crippen molar-refractivity contribution in [2.45, 2.75) is 82.0 Å². The monoisotopic (exact) mass is 667 g/mol. The quantitative estimate of drug-likeness (QED) is 0.129. The lowest BCUT2D eigenvalue weighted by atomic mass is 9.84. The number of thiophene rings is 1. The van der Waals surface area contributed by atoms with Crippen molar-refractivity contribution in [2.24, 2.45) is 17.4 Å². The van der Waals surface area contributed by atoms with Crippen LogP contribution in [0, 0.1) is 5.92 Å². The molecule has 1 aromatic heterocycles. The summed E-state index contributed by atoms with van der Waals surface area (Å²) < 4.78 is 0. The summed E-state index contributed by atoms with van der Waals surface area (Å²) in [7, 11) is 0. The normalized spacial score (nSPS) is 15.9. The lowest BCUT2D eigenvalue weighted by molar-refractivity contribution is -0.133. The predicted octanol–water partition coefficient (Wildman–Crippen LogP) is 4.17. The van der Waals surface area contributed by atoms with Crippen molar-refractivity contribution >= 4 is 45.7 Å². The van der Waals surface area contributed by atoms with Crippen molar-refractivity contribution in [1.29, 1.82) is 0 Å². The maximum atomic E-state index is 14.0. The van der Waals surface area contributed by atoms with E-state index in [2.05, 4.69) is 16.0 Å². The topological polar surface area (TPSA) is 156 Å². The lowest BCUT2D eigenvalue weighted by Gasteiger charge is -2.29. The first-order chi connectivity index (χ1) is 23.2. The average molecular weight is 668 g/mol. The molecule has 48 heavy (non-hydrogen) atoms. The second kappa shape index (κ2) is 17.0. The van der Waals surface area contributed by atoms with E-state index in [1.807, 2.05) is 90.3 Å². The second-order valence-electron chi connectivity index (χ2n) is 12.8. The Morgan fingerprint density at radius 3 is 2.04 bits per heavy atom. The Labute approximate surface area is 285 Å². The van der Waals surface area contributed by atoms with E-state index in [9.17, 15) is 19.2 Å². The third kappa shape index (κ3) is 9.98. The van der Waals surface area contributed by atoms with Crippen LogP contribution in [-0.4, -0.2) is 47.8 Å². The van der Waals surface area contributed by atoms with Gasteiger partial charge in [-0.3, -0.25) is 19.2 Å². The Hall–Kier alpha value is -4.54. The maximum absolute atomic E-state index is 14.0. The van der Waals surface area contributed by atoms with Crippen LogP contribution in [0.3, 0.4) is 0 Å². The molecule has 4 amide bonds. The SMILES string of the molecule is NC(=O)[C@H](Cc1cccs1)NC(=O)[C@@H](Cc1ccccc1)NC(=O)[C@@H](CC1CCCCC1)NC(=O)[C@@H](N)Cc1ccc2ccccc2c1. The molecule has 3 aromatic carbocycles. The molecule has 1 fully saturated rings. The number of nitrogens with two attached hydrogens (primary N) is 2. The molecule has 7 N–H and O–H groups in total. The van der Waals surface area contributed by atoms with E-state index in [4.69, 9.17) is 11.5 Å². The van der Waals surface area contributed by atoms with Crippen molar-refractivity contribution in [1.82, 2.24) is 16.0 Å². The minimum atomic E-state index is -1.01. The zero-order chi connectivity index (χ0) is 33.9. The highest BCUT2D eigenvalue weighted by Crippen LogP contribution is 2.27. The van der Waals surface area contributed by atoms with E-state index in [-0.39, 0.29) is 18.8 Å². The highest BCUT2D eigenvalue weighted by atomic mass is 32.1. The first-order valence-corrected chi connectivity index (χ1v) is 17.6. The number of hydrogen-bond donors (Lipinski definition) is 5. The van der Waals surface area contributed by atoms with Gasteiger partial charge in [0.15, 0.2) is 0 Å². The molecule has 1 heterocycles. The number of rotatable bonds is 15. The third-order valence-corrected chi connectivity index (χ3v) is 9.99. The first kappa shape index (κ1) is 34.8. The Morgan fingerprint density at radius 1 is 0.667 bits per heavy atom. The summed E-state index contributed by atoms with van der Waals surface area (Å²) in [6, 6.07) is 23.4. The predicted molar refractivity (Wildman–Crippen MR) is 190 cm³/mol. The fourth-order valence-electron chi connectivity index (χ4n) is 6.44. The summed E-state index contributed by atoms with van der Waals surface area (Å²) >= 11 is 1.47. The summed E-state index contributed by atoms with van der Waals surface area (Å²) in [5.74, 6) is -1.81. The maximum Gasteiger partial charge on any atom is 0.243 e. The standard InChI is InChI=1S/C38H45N5O4S/c39-31(21-27-17-18-28-14-7-8-15-29(28)20-27)36(45)42-33(22-25-10-3-1-4-11-25)38(47)43-34(23-26-12-5-2-6-13-26)37(46)41-32(35(40)44)24-30-16-9-19-48-30/h2,5-9,12-20,25,31-34H,1,3-4,10-11,21-24,39H2,(H2,40,44)(H,41,46)(H,42,45)(H,43,47)/t31-,32-,33+,34+/m0/s1. The molecule has 4 aromatic rings. The number of nitrogens with one attached hydrogen (secondary N) is 3. The minimum Gasteiger partial charge on any atom is -0.368 e. The highest BCUT2D eigenvalue weighted by Gasteiger charge is 2.32. The molecule has 1 saturated carbocycles. The van der Waals surface area contributed by atoms with Crippen molar-refractivity contribution < 1.29 is 19.2 Å². The second-order valence-corrected chi connectivity index (χ2v) is 13.8. The van der Waals surface area contributed by atoms with E-state index in [0.717, 1.165) is 58.9 Å². The first-order valence-electron chi connectivity index (χ1n) is 16.7. The molecule has 0 radical (unpaired) electrons. The van der Waals surface area contributed by atoms with Gasteiger partial charge in [-0.2, -0.15) is 0 Å². The summed E-state index contributed by atoms with van der Waals surface area (Å²) in [5, 5.41) is 12.7. The van der Waals surface area contributed by atoms with Crippen LogP contribution in [-0.2, 0) is 38.4 Å². The number of benzene rings is 3. The van der Waals surface area contributed by atoms with Gasteiger partial charge in [0.25, 0.3) is 0 Å². The van der Waals surface area contributed by atoms with E-state index in [0.29, 0.717) is 12.8 Å². The molecular weight excluding hydrogens is 623 g/mol. The van der Waals surface area contributed by atoms with Crippen molar-refractivity contribution in [3.63, 3.8) is 0 Å². The molecule has 5 rings (SSSR count). The van der Waals surface area contributed by atoms with Gasteiger partial charge in [0.05, 0.1) is 6.04 Å². The van der Waals surface area contributed by atoms with Crippen molar-refractivity contribution in [3.8, 4) is 0 Å². The zero-order valence-corrected chi connectivity index (χ0v) is 27.9. The van der Waals surface area contributed by atoms with E-state index >= 15 is 0 Å². The zero-order valence-electron chi connectivity index (χ0n) is 27.1. The van der Waals surface area contributed by atoms with Gasteiger partial charge in [0.2, 0.25) is 23.6 Å². The summed E-state index contributed by atoms with van der Waals surface area (Å²) in [5.41, 5.74) is 13.8. The lowest BCUT2D eigenvalue weighted by Crippen LogP contribution is -2.58. The van der Waals surface area contributed by atoms with Gasteiger partial charge >= 0.3 is 0 Å². The number of primary amides is 1. The Morgan fingerprint density at radius 2 is 1.33 bits per heavy atom. The molecule has 0 saturated heterocycles. The largest absolute Gasteiger partial charge is 0.368 e. The molecule has 0 spiro atoms. The number of carbonyl (C=O) groups excluding carboxylic acids is 4. The fourth-order valence-corrected chi connectivity index (χ4v) is 7.19. The van der Waals surface area contributed by atoms with Gasteiger partial charge in [0.1, 0.15) is 18.1 Å². The molecular formula is C38H45N5O4S. The van der Waals surface area contributed by atoms with Gasteiger partial charge in [-0.15, -0.1) is 11.3 Å². The van der Waals surface area contributed by atoms with Crippen LogP contribution < -0.4 is 27.4 Å². The van der Waals surface area contributed by atoms with Crippen LogP contribution in [0.5, 0.6) is 0 Å². The molecule has 0 bridgehead atoms. The van der Waals surface area contributed by atoms with Crippen LogP contribution in [0.4, 0.5) is 0 Å². The van der Waals surface area contributed by atoms with Crippen LogP contribution >= 0.6 is 11.3 Å². The summed E-state index contributed by atoms with van der Waals surface area (Å²) in [6.45, 7) is 0. The minimum absolute atomic E-state index is 0.189. The van der Waals surface area contributed by atoms with Gasteiger partial charge in [-0.1, -0.05) is 111 Å². The van der Waals surface area contributed by atoms with E-state index in [1.54, 1.807) is 0 Å². The molecule has 4 atom stereocenters. The highest BCUT2D eigenvalue weighted by molar-refractivity contribution is 7.09. The number of fused-ring (bicyclic) bond motifs is 1. The molecule has 252 valence electrons. The summed E-state index contributed by atoms with van der Waals surface area (Å²) in [6.07, 6.45) is 6.45. The molecule has 0 unspecified atom stereocenters. The van der Waals surface area contributed by atoms with Crippen LogP contribution in [0.15, 0.2) is 90.3 Å².